The number of nitrogens with zero attached hydrogens (tertiary/aromatic N) is 4. The molecule has 0 fully saturated rings. The van der Waals surface area contributed by atoms with Gasteiger partial charge in [0.2, 0.25) is 6.79 Å². The van der Waals surface area contributed by atoms with Crippen molar-refractivity contribution in [1.29, 1.82) is 0 Å². The molecule has 0 radical (unpaired) electrons. The molecule has 0 bridgehead atoms. The van der Waals surface area contributed by atoms with Crippen LogP contribution in [0.2, 0.25) is 0 Å². The van der Waals surface area contributed by atoms with E-state index < -0.39 is 0 Å². The Bertz CT molecular complexity index is 1260. The van der Waals surface area contributed by atoms with Crippen LogP contribution >= 0.6 is 0 Å². The molecule has 30 heavy (non-hydrogen) atoms. The van der Waals surface area contributed by atoms with Crippen molar-refractivity contribution in [1.82, 2.24) is 19.6 Å². The van der Waals surface area contributed by atoms with Crippen LogP contribution < -0.4 is 14.8 Å². The SMILES string of the molecule is Cc1ccc(Cc2nc3nc4c(c(Nc5ccc6c(c5)OCO6)n3n2)CCC4)cc1. The topological polar surface area (TPSA) is 73.6 Å². The molecule has 2 aromatic heterocycles. The molecule has 2 aliphatic rings. The molecule has 7 heteroatoms. The first-order valence-corrected chi connectivity index (χ1v) is 10.2. The number of anilines is 2. The van der Waals surface area contributed by atoms with Crippen LogP contribution in [-0.2, 0) is 19.3 Å². The van der Waals surface area contributed by atoms with Gasteiger partial charge in [0.1, 0.15) is 5.82 Å². The fraction of sp³-hybridized carbons (Fsp3) is 0.261. The largest absolute Gasteiger partial charge is 0.454 e. The van der Waals surface area contributed by atoms with E-state index in [0.29, 0.717) is 12.2 Å². The predicted molar refractivity (Wildman–Crippen MR) is 113 cm³/mol. The minimum atomic E-state index is 0.263. The van der Waals surface area contributed by atoms with Gasteiger partial charge in [-0.15, -0.1) is 5.10 Å². The molecular weight excluding hydrogens is 378 g/mol. The lowest BCUT2D eigenvalue weighted by Crippen LogP contribution is -2.07. The second-order valence-electron chi connectivity index (χ2n) is 7.83. The standard InChI is InChI=1S/C23H21N5O2/c1-14-5-7-15(8-6-14)11-21-26-23-25-18-4-2-3-17(18)22(28(23)27-21)24-16-9-10-19-20(12-16)30-13-29-19/h5-10,12,24H,2-4,11,13H2,1H3. The van der Waals surface area contributed by atoms with Gasteiger partial charge in [-0.1, -0.05) is 29.8 Å². The Labute approximate surface area is 173 Å². The highest BCUT2D eigenvalue weighted by Crippen LogP contribution is 2.36. The number of aromatic nitrogens is 4. The molecule has 0 saturated carbocycles. The molecule has 150 valence electrons. The van der Waals surface area contributed by atoms with Crippen LogP contribution in [0.3, 0.4) is 0 Å². The second kappa shape index (κ2) is 6.73. The average molecular weight is 399 g/mol. The fourth-order valence-corrected chi connectivity index (χ4v) is 4.13. The zero-order valence-electron chi connectivity index (χ0n) is 16.7. The van der Waals surface area contributed by atoms with Crippen molar-refractivity contribution in [3.05, 3.63) is 70.7 Å². The molecule has 0 saturated heterocycles. The highest BCUT2D eigenvalue weighted by atomic mass is 16.7. The Morgan fingerprint density at radius 3 is 2.77 bits per heavy atom. The summed E-state index contributed by atoms with van der Waals surface area (Å²) >= 11 is 0. The Hall–Kier alpha value is -3.61. The van der Waals surface area contributed by atoms with Gasteiger partial charge in [-0.25, -0.2) is 4.98 Å². The molecule has 2 aromatic carbocycles. The fourth-order valence-electron chi connectivity index (χ4n) is 4.13. The summed E-state index contributed by atoms with van der Waals surface area (Å²) in [7, 11) is 0. The summed E-state index contributed by atoms with van der Waals surface area (Å²) in [5, 5.41) is 8.35. The van der Waals surface area contributed by atoms with E-state index in [9.17, 15) is 0 Å². The van der Waals surface area contributed by atoms with Crippen LogP contribution in [0, 0.1) is 6.92 Å². The van der Waals surface area contributed by atoms with E-state index in [2.05, 4.69) is 36.5 Å². The summed E-state index contributed by atoms with van der Waals surface area (Å²) in [5.74, 6) is 3.87. The Balaban J connectivity index is 1.40. The van der Waals surface area contributed by atoms with Gasteiger partial charge in [-0.3, -0.25) is 0 Å². The molecule has 0 spiro atoms. The van der Waals surface area contributed by atoms with Gasteiger partial charge in [-0.05, 0) is 43.9 Å². The van der Waals surface area contributed by atoms with Crippen molar-refractivity contribution in [2.24, 2.45) is 0 Å². The average Bonchev–Trinajstić information content (AvgIpc) is 3.48. The molecule has 3 heterocycles. The maximum Gasteiger partial charge on any atom is 0.254 e. The van der Waals surface area contributed by atoms with Gasteiger partial charge in [0.15, 0.2) is 17.3 Å². The summed E-state index contributed by atoms with van der Waals surface area (Å²) < 4.78 is 12.8. The number of benzene rings is 2. The minimum absolute atomic E-state index is 0.263. The van der Waals surface area contributed by atoms with E-state index in [0.717, 1.165) is 53.8 Å². The van der Waals surface area contributed by atoms with Crippen LogP contribution in [-0.4, -0.2) is 26.4 Å². The van der Waals surface area contributed by atoms with E-state index in [-0.39, 0.29) is 6.79 Å². The molecule has 0 unspecified atom stereocenters. The normalized spacial score (nSPS) is 14.3. The number of rotatable bonds is 4. The molecule has 1 aliphatic carbocycles. The third-order valence-corrected chi connectivity index (χ3v) is 5.67. The zero-order valence-corrected chi connectivity index (χ0v) is 16.7. The summed E-state index contributed by atoms with van der Waals surface area (Å²) in [6, 6.07) is 14.4. The van der Waals surface area contributed by atoms with E-state index >= 15 is 0 Å². The number of hydrogen-bond acceptors (Lipinski definition) is 6. The van der Waals surface area contributed by atoms with E-state index in [1.807, 2.05) is 22.7 Å². The lowest BCUT2D eigenvalue weighted by Gasteiger charge is -2.13. The third kappa shape index (κ3) is 2.94. The maximum atomic E-state index is 5.53. The predicted octanol–water partition coefficient (Wildman–Crippen LogP) is 3.98. The number of ether oxygens (including phenoxy) is 2. The van der Waals surface area contributed by atoms with Crippen LogP contribution in [0.15, 0.2) is 42.5 Å². The van der Waals surface area contributed by atoms with Crippen LogP contribution in [0.5, 0.6) is 11.5 Å². The molecular formula is C23H21N5O2. The quantitative estimate of drug-likeness (QED) is 0.559. The van der Waals surface area contributed by atoms with Crippen molar-refractivity contribution in [3.63, 3.8) is 0 Å². The minimum Gasteiger partial charge on any atom is -0.454 e. The number of fused-ring (bicyclic) bond motifs is 3. The first kappa shape index (κ1) is 17.3. The molecule has 1 N–H and O–H groups in total. The molecule has 4 aromatic rings. The van der Waals surface area contributed by atoms with Crippen LogP contribution in [0.4, 0.5) is 11.5 Å². The number of hydrogen-bond donors (Lipinski definition) is 1. The summed E-state index contributed by atoms with van der Waals surface area (Å²) in [5.41, 5.74) is 5.69. The molecule has 1 aliphatic heterocycles. The van der Waals surface area contributed by atoms with Crippen molar-refractivity contribution in [2.75, 3.05) is 12.1 Å². The Kier molecular flexibility index (Phi) is 3.87. The summed E-state index contributed by atoms with van der Waals surface area (Å²) in [6.45, 7) is 2.35. The first-order chi connectivity index (χ1) is 14.7. The molecule has 0 amide bonds. The summed E-state index contributed by atoms with van der Waals surface area (Å²) in [6.07, 6.45) is 3.74. The van der Waals surface area contributed by atoms with Gasteiger partial charge < -0.3 is 14.8 Å². The van der Waals surface area contributed by atoms with Gasteiger partial charge >= 0.3 is 0 Å². The van der Waals surface area contributed by atoms with Crippen molar-refractivity contribution in [2.45, 2.75) is 32.6 Å². The monoisotopic (exact) mass is 399 g/mol. The number of aryl methyl sites for hydroxylation is 2. The Morgan fingerprint density at radius 1 is 1.00 bits per heavy atom. The second-order valence-corrected chi connectivity index (χ2v) is 7.83. The van der Waals surface area contributed by atoms with Gasteiger partial charge in [0, 0.05) is 23.7 Å². The molecule has 6 rings (SSSR count). The third-order valence-electron chi connectivity index (χ3n) is 5.67. The van der Waals surface area contributed by atoms with E-state index in [1.54, 1.807) is 0 Å². The molecule has 0 atom stereocenters. The lowest BCUT2D eigenvalue weighted by atomic mass is 10.1. The van der Waals surface area contributed by atoms with Crippen molar-refractivity contribution in [3.8, 4) is 11.5 Å². The smallest absolute Gasteiger partial charge is 0.254 e. The van der Waals surface area contributed by atoms with Gasteiger partial charge in [0.05, 0.1) is 5.69 Å². The summed E-state index contributed by atoms with van der Waals surface area (Å²) in [4.78, 5) is 9.52. The molecule has 7 nitrogen and oxygen atoms in total. The maximum absolute atomic E-state index is 5.53. The van der Waals surface area contributed by atoms with E-state index in [4.69, 9.17) is 24.5 Å². The first-order valence-electron chi connectivity index (χ1n) is 10.2. The van der Waals surface area contributed by atoms with Crippen LogP contribution in [0.25, 0.3) is 5.78 Å². The zero-order chi connectivity index (χ0) is 20.1. The van der Waals surface area contributed by atoms with E-state index in [1.165, 1.54) is 16.7 Å². The Morgan fingerprint density at radius 2 is 1.87 bits per heavy atom. The van der Waals surface area contributed by atoms with Crippen molar-refractivity contribution >= 4 is 17.3 Å². The lowest BCUT2D eigenvalue weighted by molar-refractivity contribution is 0.174. The van der Waals surface area contributed by atoms with Crippen molar-refractivity contribution < 1.29 is 9.47 Å². The van der Waals surface area contributed by atoms with Crippen LogP contribution in [0.1, 0.15) is 34.6 Å². The van der Waals surface area contributed by atoms with Gasteiger partial charge in [0.25, 0.3) is 5.78 Å². The number of nitrogens with one attached hydrogen (secondary N) is 1. The highest BCUT2D eigenvalue weighted by molar-refractivity contribution is 5.66. The van der Waals surface area contributed by atoms with Gasteiger partial charge in [-0.2, -0.15) is 9.50 Å². The highest BCUT2D eigenvalue weighted by Gasteiger charge is 2.23.